The van der Waals surface area contributed by atoms with Crippen LogP contribution in [0.3, 0.4) is 0 Å². The molecule has 0 saturated carbocycles. The van der Waals surface area contributed by atoms with Crippen molar-refractivity contribution in [2.45, 2.75) is 13.0 Å². The minimum Gasteiger partial charge on any atom is -0.461 e. The maximum Gasteiger partial charge on any atom is 0.309 e. The van der Waals surface area contributed by atoms with Crippen LogP contribution in [0.2, 0.25) is 0 Å². The molecule has 5 heteroatoms. The highest BCUT2D eigenvalue weighted by Crippen LogP contribution is 2.12. The Kier molecular flexibility index (Phi) is 6.30. The number of carbonyl (C=O) groups is 1. The summed E-state index contributed by atoms with van der Waals surface area (Å²) in [6, 6.07) is 15.4. The van der Waals surface area contributed by atoms with Gasteiger partial charge in [0.1, 0.15) is 6.61 Å². The van der Waals surface area contributed by atoms with Gasteiger partial charge in [0.15, 0.2) is 0 Å². The Labute approximate surface area is 139 Å². The summed E-state index contributed by atoms with van der Waals surface area (Å²) in [5.74, 6) is 5.41. The Balaban J connectivity index is 1.74. The number of nitro benzene ring substituents is 1. The first-order valence-electron chi connectivity index (χ1n) is 7.26. The second-order valence-corrected chi connectivity index (χ2v) is 4.83. The molecule has 0 spiro atoms. The number of nitro groups is 1. The van der Waals surface area contributed by atoms with Crippen LogP contribution in [-0.4, -0.2) is 10.9 Å². The van der Waals surface area contributed by atoms with Crippen molar-refractivity contribution in [3.63, 3.8) is 0 Å². The highest BCUT2D eigenvalue weighted by molar-refractivity contribution is 5.71. The molecule has 0 N–H and O–H groups in total. The van der Waals surface area contributed by atoms with Gasteiger partial charge in [-0.15, -0.1) is 0 Å². The van der Waals surface area contributed by atoms with Gasteiger partial charge in [-0.25, -0.2) is 0 Å². The van der Waals surface area contributed by atoms with E-state index in [4.69, 9.17) is 4.74 Å². The van der Waals surface area contributed by atoms with E-state index in [-0.39, 0.29) is 24.7 Å². The van der Waals surface area contributed by atoms with Crippen LogP contribution >= 0.6 is 0 Å². The quantitative estimate of drug-likeness (QED) is 0.365. The first kappa shape index (κ1) is 17.0. The van der Waals surface area contributed by atoms with Crippen molar-refractivity contribution in [1.29, 1.82) is 0 Å². The molecule has 0 aliphatic heterocycles. The van der Waals surface area contributed by atoms with Crippen molar-refractivity contribution in [2.24, 2.45) is 0 Å². The van der Waals surface area contributed by atoms with E-state index in [0.29, 0.717) is 5.56 Å². The van der Waals surface area contributed by atoms with Crippen molar-refractivity contribution in [2.75, 3.05) is 0 Å². The molecule has 0 fully saturated rings. The molecule has 2 aromatic carbocycles. The highest BCUT2D eigenvalue weighted by Gasteiger charge is 2.05. The number of hydrogen-bond acceptors (Lipinski definition) is 4. The Morgan fingerprint density at radius 3 is 2.50 bits per heavy atom. The van der Waals surface area contributed by atoms with Crippen LogP contribution in [0.4, 0.5) is 5.69 Å². The van der Waals surface area contributed by atoms with E-state index in [1.807, 2.05) is 30.3 Å². The summed E-state index contributed by atoms with van der Waals surface area (Å²) in [5.41, 5.74) is 1.61. The van der Waals surface area contributed by atoms with Gasteiger partial charge in [-0.2, -0.15) is 0 Å². The van der Waals surface area contributed by atoms with Crippen molar-refractivity contribution < 1.29 is 14.5 Å². The number of allylic oxidation sites excluding steroid dienone is 1. The zero-order valence-electron chi connectivity index (χ0n) is 12.8. The van der Waals surface area contributed by atoms with Gasteiger partial charge in [-0.05, 0) is 35.9 Å². The van der Waals surface area contributed by atoms with Crippen molar-refractivity contribution in [3.8, 4) is 11.8 Å². The van der Waals surface area contributed by atoms with Gasteiger partial charge in [-0.1, -0.05) is 36.1 Å². The van der Waals surface area contributed by atoms with Gasteiger partial charge in [0.05, 0.1) is 11.3 Å². The van der Waals surface area contributed by atoms with E-state index in [0.717, 1.165) is 5.56 Å². The molecule has 0 saturated heterocycles. The normalized spacial score (nSPS) is 10.0. The van der Waals surface area contributed by atoms with Crippen molar-refractivity contribution in [3.05, 3.63) is 88.0 Å². The summed E-state index contributed by atoms with van der Waals surface area (Å²) in [6.45, 7) is 0.0837. The first-order valence-corrected chi connectivity index (χ1v) is 7.26. The van der Waals surface area contributed by atoms with Crippen LogP contribution in [0, 0.1) is 22.0 Å². The zero-order chi connectivity index (χ0) is 17.2. The molecule has 0 aromatic heterocycles. The topological polar surface area (TPSA) is 69.4 Å². The van der Waals surface area contributed by atoms with E-state index in [1.165, 1.54) is 12.1 Å². The monoisotopic (exact) mass is 321 g/mol. The standard InChI is InChI=1S/C19H15NO4/c21-19(10-6-2-5-9-16-7-3-1-4-8-16)24-15-17-11-13-18(14-12-17)20(22)23/h1-4,6-8,11-14H,10,15H2/b6-2+. The second-order valence-electron chi connectivity index (χ2n) is 4.83. The smallest absolute Gasteiger partial charge is 0.309 e. The fraction of sp³-hybridized carbons (Fsp3) is 0.105. The largest absolute Gasteiger partial charge is 0.461 e. The van der Waals surface area contributed by atoms with Gasteiger partial charge in [0.2, 0.25) is 0 Å². The maximum absolute atomic E-state index is 11.6. The summed E-state index contributed by atoms with van der Waals surface area (Å²) < 4.78 is 5.09. The maximum atomic E-state index is 11.6. The average molecular weight is 321 g/mol. The molecule has 0 aliphatic carbocycles. The van der Waals surface area contributed by atoms with E-state index >= 15 is 0 Å². The van der Waals surface area contributed by atoms with Gasteiger partial charge in [0, 0.05) is 17.7 Å². The Bertz CT molecular complexity index is 784. The number of benzene rings is 2. The molecule has 2 aromatic rings. The number of esters is 1. The van der Waals surface area contributed by atoms with E-state index in [9.17, 15) is 14.9 Å². The molecular formula is C19H15NO4. The Morgan fingerprint density at radius 1 is 1.12 bits per heavy atom. The van der Waals surface area contributed by atoms with Crippen LogP contribution in [0.1, 0.15) is 17.5 Å². The Hall–Kier alpha value is -3.39. The summed E-state index contributed by atoms with van der Waals surface area (Å²) in [4.78, 5) is 21.7. The Morgan fingerprint density at radius 2 is 1.83 bits per heavy atom. The van der Waals surface area contributed by atoms with Crippen LogP contribution in [-0.2, 0) is 16.1 Å². The number of ether oxygens (including phenoxy) is 1. The number of non-ortho nitro benzene ring substituents is 1. The molecule has 0 aliphatic rings. The highest BCUT2D eigenvalue weighted by atomic mass is 16.6. The molecule has 120 valence electrons. The first-order chi connectivity index (χ1) is 11.6. The van der Waals surface area contributed by atoms with Crippen LogP contribution in [0.25, 0.3) is 0 Å². The minimum absolute atomic E-state index is 0.00463. The fourth-order valence-electron chi connectivity index (χ4n) is 1.80. The molecule has 0 bridgehead atoms. The third kappa shape index (κ3) is 5.78. The molecule has 5 nitrogen and oxygen atoms in total. The molecule has 0 atom stereocenters. The number of hydrogen-bond donors (Lipinski definition) is 0. The van der Waals surface area contributed by atoms with Gasteiger partial charge < -0.3 is 4.74 Å². The summed E-state index contributed by atoms with van der Waals surface area (Å²) in [5, 5.41) is 10.5. The van der Waals surface area contributed by atoms with Crippen molar-refractivity contribution >= 4 is 11.7 Å². The third-order valence-electron chi connectivity index (χ3n) is 3.02. The minimum atomic E-state index is -0.475. The predicted octanol–water partition coefficient (Wildman–Crippen LogP) is 3.64. The average Bonchev–Trinajstić information content (AvgIpc) is 2.61. The summed E-state index contributed by atoms with van der Waals surface area (Å²) in [6.07, 6.45) is 3.37. The second kappa shape index (κ2) is 8.91. The molecule has 2 rings (SSSR count). The lowest BCUT2D eigenvalue weighted by Gasteiger charge is -2.02. The number of nitrogens with zero attached hydrogens (tertiary/aromatic N) is 1. The van der Waals surface area contributed by atoms with Crippen molar-refractivity contribution in [1.82, 2.24) is 0 Å². The SMILES string of the molecule is O=C(C/C=C/C#Cc1ccccc1)OCc1ccc([N+](=O)[O-])cc1. The summed E-state index contributed by atoms with van der Waals surface area (Å²) >= 11 is 0. The van der Waals surface area contributed by atoms with E-state index < -0.39 is 4.92 Å². The third-order valence-corrected chi connectivity index (χ3v) is 3.02. The number of carbonyl (C=O) groups excluding carboxylic acids is 1. The summed E-state index contributed by atoms with van der Waals surface area (Å²) in [7, 11) is 0. The van der Waals surface area contributed by atoms with Crippen LogP contribution in [0.5, 0.6) is 0 Å². The number of rotatable bonds is 5. The molecule has 0 heterocycles. The van der Waals surface area contributed by atoms with Gasteiger partial charge in [-0.3, -0.25) is 14.9 Å². The lowest BCUT2D eigenvalue weighted by molar-refractivity contribution is -0.384. The molecular weight excluding hydrogens is 306 g/mol. The lowest BCUT2D eigenvalue weighted by atomic mass is 10.2. The van der Waals surface area contributed by atoms with Gasteiger partial charge in [0.25, 0.3) is 5.69 Å². The predicted molar refractivity (Wildman–Crippen MR) is 90.0 cm³/mol. The van der Waals surface area contributed by atoms with Crippen LogP contribution < -0.4 is 0 Å². The van der Waals surface area contributed by atoms with E-state index in [2.05, 4.69) is 11.8 Å². The molecule has 0 amide bonds. The van der Waals surface area contributed by atoms with E-state index in [1.54, 1.807) is 24.3 Å². The molecule has 0 radical (unpaired) electrons. The zero-order valence-corrected chi connectivity index (χ0v) is 12.8. The molecule has 24 heavy (non-hydrogen) atoms. The van der Waals surface area contributed by atoms with Gasteiger partial charge >= 0.3 is 5.97 Å². The molecule has 0 unspecified atom stereocenters. The van der Waals surface area contributed by atoms with Crippen LogP contribution in [0.15, 0.2) is 66.7 Å². The fourth-order valence-corrected chi connectivity index (χ4v) is 1.80. The lowest BCUT2D eigenvalue weighted by Crippen LogP contribution is -2.03.